The molecule has 0 amide bonds. The van der Waals surface area contributed by atoms with Crippen LogP contribution in [0.2, 0.25) is 0 Å². The summed E-state index contributed by atoms with van der Waals surface area (Å²) in [5.41, 5.74) is 2.77. The van der Waals surface area contributed by atoms with Crippen molar-refractivity contribution in [3.63, 3.8) is 0 Å². The number of aromatic carboxylic acids is 1. The van der Waals surface area contributed by atoms with Crippen LogP contribution in [0.5, 0.6) is 0 Å². The molecule has 0 saturated carbocycles. The number of nitrogens with zero attached hydrogens (tertiary/aromatic N) is 2. The Labute approximate surface area is 140 Å². The molecule has 122 valence electrons. The zero-order valence-corrected chi connectivity index (χ0v) is 14.4. The van der Waals surface area contributed by atoms with E-state index in [9.17, 15) is 4.79 Å². The summed E-state index contributed by atoms with van der Waals surface area (Å²) in [6, 6.07) is 7.61. The first kappa shape index (κ1) is 16.1. The number of carbonyl (C=O) groups is 1. The van der Waals surface area contributed by atoms with Crippen LogP contribution < -0.4 is 0 Å². The molecule has 0 aliphatic heterocycles. The highest BCUT2D eigenvalue weighted by molar-refractivity contribution is 7.11. The van der Waals surface area contributed by atoms with Crippen LogP contribution in [0.4, 0.5) is 0 Å². The molecule has 1 aromatic heterocycles. The van der Waals surface area contributed by atoms with Crippen LogP contribution in [0.15, 0.2) is 24.3 Å². The van der Waals surface area contributed by atoms with Crippen molar-refractivity contribution < 1.29 is 9.90 Å². The van der Waals surface area contributed by atoms with Gasteiger partial charge < -0.3 is 5.11 Å². The molecule has 0 bridgehead atoms. The first-order chi connectivity index (χ1) is 11.1. The molecular formula is C18H22N2O2S. The van der Waals surface area contributed by atoms with E-state index in [0.717, 1.165) is 24.9 Å². The second kappa shape index (κ2) is 6.81. The van der Waals surface area contributed by atoms with Gasteiger partial charge in [-0.05, 0) is 50.4 Å². The fraction of sp³-hybridized carbons (Fsp3) is 0.444. The number of benzene rings is 1. The summed E-state index contributed by atoms with van der Waals surface area (Å²) >= 11 is 1.86. The SMILES string of the molecule is CCc1nc2c(s1)C(N(C)Cc1ccc(C(=O)O)cc1)CCC2. The Hall–Kier alpha value is -1.72. The molecule has 0 spiro atoms. The minimum absolute atomic E-state index is 0.339. The number of carboxylic acids is 1. The van der Waals surface area contributed by atoms with Crippen molar-refractivity contribution in [1.82, 2.24) is 9.88 Å². The van der Waals surface area contributed by atoms with E-state index in [0.29, 0.717) is 11.6 Å². The van der Waals surface area contributed by atoms with E-state index in [4.69, 9.17) is 10.1 Å². The van der Waals surface area contributed by atoms with E-state index in [1.165, 1.54) is 28.4 Å². The molecule has 0 fully saturated rings. The summed E-state index contributed by atoms with van der Waals surface area (Å²) < 4.78 is 0. The molecule has 2 aromatic rings. The van der Waals surface area contributed by atoms with Crippen LogP contribution in [0.25, 0.3) is 0 Å². The Morgan fingerprint density at radius 1 is 1.39 bits per heavy atom. The lowest BCUT2D eigenvalue weighted by atomic mass is 9.96. The second-order valence-corrected chi connectivity index (χ2v) is 7.21. The fourth-order valence-electron chi connectivity index (χ4n) is 3.17. The number of thiazole rings is 1. The molecule has 0 radical (unpaired) electrons. The Bertz CT molecular complexity index is 694. The standard InChI is InChI=1S/C18H22N2O2S/c1-3-16-19-14-5-4-6-15(17(14)23-16)20(2)11-12-7-9-13(10-8-12)18(21)22/h7-10,15H,3-6,11H2,1-2H3,(H,21,22). The van der Waals surface area contributed by atoms with Crippen molar-refractivity contribution in [2.45, 2.75) is 45.2 Å². The molecule has 1 aliphatic carbocycles. The van der Waals surface area contributed by atoms with Gasteiger partial charge >= 0.3 is 5.97 Å². The van der Waals surface area contributed by atoms with Gasteiger partial charge in [-0.2, -0.15) is 0 Å². The zero-order chi connectivity index (χ0) is 16.4. The fourth-order valence-corrected chi connectivity index (χ4v) is 4.42. The maximum Gasteiger partial charge on any atom is 0.335 e. The van der Waals surface area contributed by atoms with Crippen molar-refractivity contribution in [3.8, 4) is 0 Å². The minimum Gasteiger partial charge on any atom is -0.478 e. The largest absolute Gasteiger partial charge is 0.478 e. The van der Waals surface area contributed by atoms with Crippen LogP contribution in [-0.2, 0) is 19.4 Å². The predicted molar refractivity (Wildman–Crippen MR) is 92.0 cm³/mol. The van der Waals surface area contributed by atoms with E-state index < -0.39 is 5.97 Å². The molecule has 0 saturated heterocycles. The smallest absolute Gasteiger partial charge is 0.335 e. The summed E-state index contributed by atoms with van der Waals surface area (Å²) in [7, 11) is 2.15. The van der Waals surface area contributed by atoms with Crippen LogP contribution in [-0.4, -0.2) is 28.0 Å². The molecule has 4 nitrogen and oxygen atoms in total. The number of rotatable bonds is 5. The summed E-state index contributed by atoms with van der Waals surface area (Å²) in [6.45, 7) is 2.98. The number of aromatic nitrogens is 1. The average Bonchev–Trinajstić information content (AvgIpc) is 2.98. The summed E-state index contributed by atoms with van der Waals surface area (Å²) in [4.78, 5) is 19.5. The summed E-state index contributed by atoms with van der Waals surface area (Å²) in [6.07, 6.45) is 4.46. The molecule has 5 heteroatoms. The third kappa shape index (κ3) is 3.46. The third-order valence-corrected chi connectivity index (χ3v) is 5.78. The Morgan fingerprint density at radius 2 is 2.13 bits per heavy atom. The molecule has 1 unspecified atom stereocenters. The number of carboxylic acid groups (broad SMARTS) is 1. The van der Waals surface area contributed by atoms with Crippen LogP contribution >= 0.6 is 11.3 Å². The van der Waals surface area contributed by atoms with Crippen molar-refractivity contribution in [1.29, 1.82) is 0 Å². The number of fused-ring (bicyclic) bond motifs is 1. The molecule has 1 heterocycles. The van der Waals surface area contributed by atoms with Crippen molar-refractivity contribution in [2.24, 2.45) is 0 Å². The van der Waals surface area contributed by atoms with E-state index in [2.05, 4.69) is 18.9 Å². The lowest BCUT2D eigenvalue weighted by molar-refractivity contribution is 0.0697. The quantitative estimate of drug-likeness (QED) is 0.903. The van der Waals surface area contributed by atoms with Gasteiger partial charge in [0.15, 0.2) is 0 Å². The molecule has 23 heavy (non-hydrogen) atoms. The van der Waals surface area contributed by atoms with Gasteiger partial charge in [0.2, 0.25) is 0 Å². The van der Waals surface area contributed by atoms with Gasteiger partial charge in [0.1, 0.15) is 0 Å². The zero-order valence-electron chi connectivity index (χ0n) is 13.6. The van der Waals surface area contributed by atoms with Crippen LogP contribution in [0, 0.1) is 0 Å². The van der Waals surface area contributed by atoms with Gasteiger partial charge in [-0.15, -0.1) is 11.3 Å². The van der Waals surface area contributed by atoms with Gasteiger partial charge in [-0.3, -0.25) is 4.90 Å². The van der Waals surface area contributed by atoms with Crippen LogP contribution in [0.3, 0.4) is 0 Å². The normalized spacial score (nSPS) is 17.3. The minimum atomic E-state index is -0.876. The molecule has 1 atom stereocenters. The first-order valence-corrected chi connectivity index (χ1v) is 8.91. The van der Waals surface area contributed by atoms with Crippen molar-refractivity contribution in [3.05, 3.63) is 51.0 Å². The maximum absolute atomic E-state index is 10.9. The lowest BCUT2D eigenvalue weighted by Crippen LogP contribution is -2.26. The van der Waals surface area contributed by atoms with Gasteiger partial charge in [-0.1, -0.05) is 19.1 Å². The van der Waals surface area contributed by atoms with Gasteiger partial charge in [0.05, 0.1) is 16.3 Å². The topological polar surface area (TPSA) is 53.4 Å². The Kier molecular flexibility index (Phi) is 4.78. The molecule has 1 aliphatic rings. The molecule has 3 rings (SSSR count). The van der Waals surface area contributed by atoms with E-state index in [-0.39, 0.29) is 0 Å². The van der Waals surface area contributed by atoms with E-state index in [1.54, 1.807) is 12.1 Å². The summed E-state index contributed by atoms with van der Waals surface area (Å²) in [5, 5.41) is 10.2. The van der Waals surface area contributed by atoms with Crippen LogP contribution in [0.1, 0.15) is 57.3 Å². The highest BCUT2D eigenvalue weighted by Gasteiger charge is 2.27. The molecule has 1 aromatic carbocycles. The van der Waals surface area contributed by atoms with Gasteiger partial charge in [-0.25, -0.2) is 9.78 Å². The lowest BCUT2D eigenvalue weighted by Gasteiger charge is -2.30. The Balaban J connectivity index is 1.75. The monoisotopic (exact) mass is 330 g/mol. The maximum atomic E-state index is 10.9. The summed E-state index contributed by atoms with van der Waals surface area (Å²) in [5.74, 6) is -0.876. The average molecular weight is 330 g/mol. The number of hydrogen-bond acceptors (Lipinski definition) is 4. The number of hydrogen-bond donors (Lipinski definition) is 1. The van der Waals surface area contributed by atoms with E-state index >= 15 is 0 Å². The highest BCUT2D eigenvalue weighted by Crippen LogP contribution is 2.38. The Morgan fingerprint density at radius 3 is 2.78 bits per heavy atom. The first-order valence-electron chi connectivity index (χ1n) is 8.09. The third-order valence-electron chi connectivity index (χ3n) is 4.43. The van der Waals surface area contributed by atoms with Crippen molar-refractivity contribution >= 4 is 17.3 Å². The predicted octanol–water partition coefficient (Wildman–Crippen LogP) is 3.91. The number of aryl methyl sites for hydroxylation is 2. The van der Waals surface area contributed by atoms with E-state index in [1.807, 2.05) is 23.5 Å². The highest BCUT2D eigenvalue weighted by atomic mass is 32.1. The molecular weight excluding hydrogens is 308 g/mol. The van der Waals surface area contributed by atoms with Gasteiger partial charge in [0, 0.05) is 17.5 Å². The molecule has 1 N–H and O–H groups in total. The second-order valence-electron chi connectivity index (χ2n) is 6.10. The van der Waals surface area contributed by atoms with Gasteiger partial charge in [0.25, 0.3) is 0 Å². The van der Waals surface area contributed by atoms with Crippen molar-refractivity contribution in [2.75, 3.05) is 7.05 Å².